The van der Waals surface area contributed by atoms with Gasteiger partial charge in [0.1, 0.15) is 11.2 Å². The molecule has 0 aliphatic carbocycles. The fourth-order valence-corrected chi connectivity index (χ4v) is 10.5. The number of anilines is 3. The molecule has 1 aromatic heterocycles. The Morgan fingerprint density at radius 3 is 1.62 bits per heavy atom. The second-order valence-corrected chi connectivity index (χ2v) is 17.5. The highest BCUT2D eigenvalue weighted by Crippen LogP contribution is 2.53. The van der Waals surface area contributed by atoms with Gasteiger partial charge in [-0.05, 0) is 96.2 Å². The smallest absolute Gasteiger partial charge is 0.143 e. The van der Waals surface area contributed by atoms with E-state index in [1.807, 2.05) is 6.07 Å². The summed E-state index contributed by atoms with van der Waals surface area (Å²) in [6, 6.07) is 94.7. The van der Waals surface area contributed by atoms with E-state index in [9.17, 15) is 0 Å². The molecule has 0 saturated heterocycles. The molecule has 0 saturated carbocycles. The first-order valence-electron chi connectivity index (χ1n) is 23.3. The summed E-state index contributed by atoms with van der Waals surface area (Å²) < 4.78 is 6.81. The van der Waals surface area contributed by atoms with Crippen molar-refractivity contribution >= 4 is 71.3 Å². The van der Waals surface area contributed by atoms with Crippen LogP contribution in [0.2, 0.25) is 0 Å². The first-order valence-corrected chi connectivity index (χ1v) is 23.3. The maximum atomic E-state index is 6.81. The second-order valence-electron chi connectivity index (χ2n) is 17.5. The van der Waals surface area contributed by atoms with E-state index < -0.39 is 0 Å². The van der Waals surface area contributed by atoms with Crippen LogP contribution in [0, 0.1) is 0 Å². The molecule has 0 N–H and O–H groups in total. The summed E-state index contributed by atoms with van der Waals surface area (Å²) in [4.78, 5) is 2.53. The molecule has 318 valence electrons. The first kappa shape index (κ1) is 39.4. The molecule has 0 unspecified atom stereocenters. The second kappa shape index (κ2) is 16.5. The molecule has 1 heterocycles. The van der Waals surface area contributed by atoms with Gasteiger partial charge in [0.15, 0.2) is 0 Å². The van der Waals surface area contributed by atoms with Crippen LogP contribution in [0.25, 0.3) is 110 Å². The number of rotatable bonds is 8. The van der Waals surface area contributed by atoms with E-state index in [4.69, 9.17) is 4.42 Å². The van der Waals surface area contributed by atoms with Gasteiger partial charge in [-0.1, -0.05) is 231 Å². The lowest BCUT2D eigenvalue weighted by atomic mass is 9.88. The van der Waals surface area contributed by atoms with E-state index >= 15 is 0 Å². The Morgan fingerprint density at radius 2 is 0.824 bits per heavy atom. The fourth-order valence-electron chi connectivity index (χ4n) is 10.5. The van der Waals surface area contributed by atoms with Gasteiger partial charge in [0.2, 0.25) is 0 Å². The zero-order chi connectivity index (χ0) is 45.0. The molecule has 68 heavy (non-hydrogen) atoms. The van der Waals surface area contributed by atoms with Crippen LogP contribution in [0.15, 0.2) is 265 Å². The van der Waals surface area contributed by atoms with Crippen molar-refractivity contribution in [3.8, 4) is 55.6 Å². The first-order chi connectivity index (χ1) is 33.7. The molecular formula is C66H43NO. The quantitative estimate of drug-likeness (QED) is 0.142. The summed E-state index contributed by atoms with van der Waals surface area (Å²) in [7, 11) is 0. The highest BCUT2D eigenvalue weighted by Gasteiger charge is 2.27. The Hall–Kier alpha value is -8.98. The van der Waals surface area contributed by atoms with Crippen LogP contribution >= 0.6 is 0 Å². The van der Waals surface area contributed by atoms with Gasteiger partial charge in [0.05, 0.1) is 11.4 Å². The lowest BCUT2D eigenvalue weighted by Gasteiger charge is -2.33. The molecule has 0 spiro atoms. The molecule has 0 fully saturated rings. The van der Waals surface area contributed by atoms with Crippen molar-refractivity contribution in [2.45, 2.75) is 0 Å². The number of hydrogen-bond donors (Lipinski definition) is 0. The van der Waals surface area contributed by atoms with Crippen LogP contribution < -0.4 is 4.90 Å². The van der Waals surface area contributed by atoms with Crippen molar-refractivity contribution < 1.29 is 4.42 Å². The van der Waals surface area contributed by atoms with Gasteiger partial charge in [-0.3, -0.25) is 0 Å². The minimum absolute atomic E-state index is 0.874. The zero-order valence-electron chi connectivity index (χ0n) is 37.2. The van der Waals surface area contributed by atoms with Gasteiger partial charge in [-0.15, -0.1) is 0 Å². The van der Waals surface area contributed by atoms with Gasteiger partial charge in [-0.25, -0.2) is 0 Å². The number of hydrogen-bond acceptors (Lipinski definition) is 2. The SMILES string of the molecule is c1ccc(-c2ccc(-c3ccc(N(c4ccccc4-c4cccc5c4oc4ccccc45)c4c(-c5ccc6ccccc6c5)c5ccccc5c5ccccc45)cc3-c3ccccc3)cc2)cc1. The summed E-state index contributed by atoms with van der Waals surface area (Å²) in [5.41, 5.74) is 16.4. The van der Waals surface area contributed by atoms with E-state index in [1.54, 1.807) is 0 Å². The van der Waals surface area contributed by atoms with E-state index in [0.717, 1.165) is 83.3 Å². The van der Waals surface area contributed by atoms with Gasteiger partial charge >= 0.3 is 0 Å². The van der Waals surface area contributed by atoms with Crippen LogP contribution in [0.1, 0.15) is 0 Å². The van der Waals surface area contributed by atoms with Crippen molar-refractivity contribution in [1.29, 1.82) is 0 Å². The molecule has 12 aromatic carbocycles. The van der Waals surface area contributed by atoms with Crippen molar-refractivity contribution in [3.05, 3.63) is 261 Å². The minimum Gasteiger partial charge on any atom is -0.455 e. The predicted octanol–water partition coefficient (Wildman–Crippen LogP) is 18.9. The Kier molecular flexibility index (Phi) is 9.54. The molecule has 2 nitrogen and oxygen atoms in total. The molecule has 13 aromatic rings. The number of para-hydroxylation sites is 3. The molecule has 2 heteroatoms. The van der Waals surface area contributed by atoms with Crippen molar-refractivity contribution in [2.24, 2.45) is 0 Å². The molecule has 0 aliphatic rings. The van der Waals surface area contributed by atoms with Gasteiger partial charge in [-0.2, -0.15) is 0 Å². The Balaban J connectivity index is 1.14. The van der Waals surface area contributed by atoms with Crippen molar-refractivity contribution in [3.63, 3.8) is 0 Å². The lowest BCUT2D eigenvalue weighted by Crippen LogP contribution is -2.14. The Labute approximate surface area is 395 Å². The Morgan fingerprint density at radius 1 is 0.279 bits per heavy atom. The van der Waals surface area contributed by atoms with E-state index in [-0.39, 0.29) is 0 Å². The molecule has 0 bridgehead atoms. The summed E-state index contributed by atoms with van der Waals surface area (Å²) >= 11 is 0. The summed E-state index contributed by atoms with van der Waals surface area (Å²) in [6.45, 7) is 0. The molecule has 0 aliphatic heterocycles. The van der Waals surface area contributed by atoms with Crippen LogP contribution in [-0.2, 0) is 0 Å². The van der Waals surface area contributed by atoms with E-state index in [0.29, 0.717) is 0 Å². The molecule has 0 radical (unpaired) electrons. The largest absolute Gasteiger partial charge is 0.455 e. The lowest BCUT2D eigenvalue weighted by molar-refractivity contribution is 0.670. The molecule has 0 amide bonds. The van der Waals surface area contributed by atoms with Crippen molar-refractivity contribution in [2.75, 3.05) is 4.90 Å². The number of furan rings is 1. The van der Waals surface area contributed by atoms with Crippen LogP contribution in [0.3, 0.4) is 0 Å². The Bertz CT molecular complexity index is 4020. The van der Waals surface area contributed by atoms with E-state index in [1.165, 1.54) is 43.6 Å². The fraction of sp³-hybridized carbons (Fsp3) is 0. The third-order valence-electron chi connectivity index (χ3n) is 13.7. The van der Waals surface area contributed by atoms with Crippen molar-refractivity contribution in [1.82, 2.24) is 0 Å². The summed E-state index contributed by atoms with van der Waals surface area (Å²) in [5.74, 6) is 0. The maximum absolute atomic E-state index is 6.81. The molecule has 13 rings (SSSR count). The van der Waals surface area contributed by atoms with Gasteiger partial charge in [0.25, 0.3) is 0 Å². The average molecular weight is 866 g/mol. The molecule has 0 atom stereocenters. The normalized spacial score (nSPS) is 11.5. The minimum atomic E-state index is 0.874. The van der Waals surface area contributed by atoms with Crippen LogP contribution in [0.5, 0.6) is 0 Å². The van der Waals surface area contributed by atoms with Gasteiger partial charge in [0, 0.05) is 38.5 Å². The summed E-state index contributed by atoms with van der Waals surface area (Å²) in [5, 5.41) is 9.39. The topological polar surface area (TPSA) is 16.4 Å². The zero-order valence-corrected chi connectivity index (χ0v) is 37.2. The number of benzene rings is 12. The summed E-state index contributed by atoms with van der Waals surface area (Å²) in [6.07, 6.45) is 0. The van der Waals surface area contributed by atoms with Gasteiger partial charge < -0.3 is 9.32 Å². The molecular weight excluding hydrogens is 823 g/mol. The third-order valence-corrected chi connectivity index (χ3v) is 13.7. The predicted molar refractivity (Wildman–Crippen MR) is 288 cm³/mol. The van der Waals surface area contributed by atoms with E-state index in [2.05, 4.69) is 260 Å². The van der Waals surface area contributed by atoms with Crippen LogP contribution in [0.4, 0.5) is 17.1 Å². The standard InChI is InChI=1S/C66H43NO/c1-3-18-44(19-4-1)46-34-37-48(38-35-46)52-41-40-51(43-61(52)47-21-5-2-6-22-47)67(62-32-15-13-26-55(62)59-30-17-31-60-56-27-14-16-33-63(56)68-66(59)60)65-58-29-12-10-25-54(58)53-24-9-11-28-57(53)64(65)50-39-36-45-20-7-8-23-49(45)42-50/h1-43H. The maximum Gasteiger partial charge on any atom is 0.143 e. The number of nitrogens with zero attached hydrogens (tertiary/aromatic N) is 1. The number of fused-ring (bicyclic) bond motifs is 7. The highest BCUT2D eigenvalue weighted by molar-refractivity contribution is 6.23. The highest BCUT2D eigenvalue weighted by atomic mass is 16.3. The average Bonchev–Trinajstić information content (AvgIpc) is 3.81. The van der Waals surface area contributed by atoms with Crippen LogP contribution in [-0.4, -0.2) is 0 Å². The monoisotopic (exact) mass is 865 g/mol. The third kappa shape index (κ3) is 6.65.